The first-order valence-corrected chi connectivity index (χ1v) is 20.4. The standard InChI is InChI=1S/C58H44N2/c1-6-16-50(17-7-1)58(51-38-42-57(43-39-51)60(54-22-12-4-13-23-54)55-24-14-5-15-25-55)44-47-30-36-49(37-31-47)48-34-28-45(29-35-48)26-27-46-32-40-56(41-33-46)59(52-18-8-2-9-19-52)53-20-10-3-11-21-53/h1-44H/b27-26+,58-44+. The Morgan fingerprint density at radius 1 is 0.250 bits per heavy atom. The fraction of sp³-hybridized carbons (Fsp3) is 0. The lowest BCUT2D eigenvalue weighted by atomic mass is 9.94. The zero-order valence-electron chi connectivity index (χ0n) is 33.3. The number of para-hydroxylation sites is 4. The van der Waals surface area contributed by atoms with E-state index in [1.165, 1.54) is 22.3 Å². The van der Waals surface area contributed by atoms with E-state index in [-0.39, 0.29) is 0 Å². The Hall–Kier alpha value is -7.94. The van der Waals surface area contributed by atoms with Crippen molar-refractivity contribution in [2.45, 2.75) is 0 Å². The SMILES string of the molecule is C(=C\c1ccc(N(c2ccccc2)c2ccccc2)cc1)/c1ccc(-c2ccc(/C=C(\c3ccccc3)c3ccc(N(c4ccccc4)c4ccccc4)cc3)cc2)cc1. The lowest BCUT2D eigenvalue weighted by molar-refractivity contribution is 1.28. The monoisotopic (exact) mass is 768 g/mol. The fourth-order valence-corrected chi connectivity index (χ4v) is 7.60. The van der Waals surface area contributed by atoms with Gasteiger partial charge in [-0.15, -0.1) is 0 Å². The molecule has 0 aromatic heterocycles. The minimum atomic E-state index is 1.11. The molecule has 0 N–H and O–H groups in total. The number of hydrogen-bond donors (Lipinski definition) is 0. The minimum Gasteiger partial charge on any atom is -0.311 e. The topological polar surface area (TPSA) is 6.48 Å². The van der Waals surface area contributed by atoms with E-state index in [9.17, 15) is 0 Å². The van der Waals surface area contributed by atoms with E-state index in [0.29, 0.717) is 0 Å². The van der Waals surface area contributed by atoms with Crippen molar-refractivity contribution >= 4 is 57.9 Å². The summed E-state index contributed by atoms with van der Waals surface area (Å²) in [6.45, 7) is 0. The van der Waals surface area contributed by atoms with Crippen LogP contribution in [0.15, 0.2) is 249 Å². The second kappa shape index (κ2) is 18.1. The van der Waals surface area contributed by atoms with Crippen LogP contribution in [0.25, 0.3) is 34.9 Å². The van der Waals surface area contributed by atoms with Gasteiger partial charge in [0.2, 0.25) is 0 Å². The quantitative estimate of drug-likeness (QED) is 0.114. The van der Waals surface area contributed by atoms with Crippen molar-refractivity contribution < 1.29 is 0 Å². The summed E-state index contributed by atoms with van der Waals surface area (Å²) in [4.78, 5) is 4.57. The van der Waals surface area contributed by atoms with E-state index in [2.05, 4.69) is 277 Å². The van der Waals surface area contributed by atoms with Crippen molar-refractivity contribution in [1.82, 2.24) is 0 Å². The number of nitrogens with zero attached hydrogens (tertiary/aromatic N) is 2. The van der Waals surface area contributed by atoms with Crippen LogP contribution < -0.4 is 9.80 Å². The molecule has 286 valence electrons. The first kappa shape index (κ1) is 37.6. The van der Waals surface area contributed by atoms with Crippen molar-refractivity contribution in [1.29, 1.82) is 0 Å². The molecule has 2 nitrogen and oxygen atoms in total. The molecule has 2 heteroatoms. The van der Waals surface area contributed by atoms with Gasteiger partial charge < -0.3 is 9.80 Å². The molecule has 0 atom stereocenters. The van der Waals surface area contributed by atoms with Crippen LogP contribution in [0.1, 0.15) is 27.8 Å². The van der Waals surface area contributed by atoms with Gasteiger partial charge in [0, 0.05) is 34.1 Å². The first-order valence-electron chi connectivity index (χ1n) is 20.4. The Bertz CT molecular complexity index is 2700. The predicted molar refractivity (Wildman–Crippen MR) is 256 cm³/mol. The number of benzene rings is 9. The molecule has 0 aliphatic carbocycles. The third-order valence-corrected chi connectivity index (χ3v) is 10.7. The van der Waals surface area contributed by atoms with Crippen molar-refractivity contribution in [3.8, 4) is 11.1 Å². The highest BCUT2D eigenvalue weighted by Gasteiger charge is 2.14. The van der Waals surface area contributed by atoms with Crippen molar-refractivity contribution in [3.05, 3.63) is 277 Å². The highest BCUT2D eigenvalue weighted by Crippen LogP contribution is 2.37. The minimum absolute atomic E-state index is 1.11. The zero-order valence-corrected chi connectivity index (χ0v) is 33.3. The lowest BCUT2D eigenvalue weighted by Gasteiger charge is -2.25. The molecule has 0 saturated carbocycles. The van der Waals surface area contributed by atoms with Gasteiger partial charge in [-0.2, -0.15) is 0 Å². The Morgan fingerprint density at radius 3 is 0.917 bits per heavy atom. The normalized spacial score (nSPS) is 11.4. The highest BCUT2D eigenvalue weighted by atomic mass is 15.1. The van der Waals surface area contributed by atoms with Gasteiger partial charge in [-0.25, -0.2) is 0 Å². The maximum absolute atomic E-state index is 2.29. The molecule has 0 aliphatic heterocycles. The Morgan fingerprint density at radius 2 is 0.533 bits per heavy atom. The molecular weight excluding hydrogens is 725 g/mol. The van der Waals surface area contributed by atoms with Gasteiger partial charge in [-0.05, 0) is 123 Å². The van der Waals surface area contributed by atoms with Crippen molar-refractivity contribution in [2.24, 2.45) is 0 Å². The highest BCUT2D eigenvalue weighted by molar-refractivity contribution is 5.92. The molecule has 9 aromatic rings. The number of hydrogen-bond acceptors (Lipinski definition) is 2. The van der Waals surface area contributed by atoms with E-state index in [1.54, 1.807) is 0 Å². The van der Waals surface area contributed by atoms with Gasteiger partial charge in [0.15, 0.2) is 0 Å². The average molecular weight is 769 g/mol. The zero-order chi connectivity index (χ0) is 40.4. The summed E-state index contributed by atoms with van der Waals surface area (Å²) in [6.07, 6.45) is 6.65. The summed E-state index contributed by atoms with van der Waals surface area (Å²) < 4.78 is 0. The van der Waals surface area contributed by atoms with E-state index < -0.39 is 0 Å². The van der Waals surface area contributed by atoms with E-state index >= 15 is 0 Å². The second-order valence-corrected chi connectivity index (χ2v) is 14.7. The fourth-order valence-electron chi connectivity index (χ4n) is 7.60. The largest absolute Gasteiger partial charge is 0.311 e. The Balaban J connectivity index is 0.914. The maximum Gasteiger partial charge on any atom is 0.0462 e. The van der Waals surface area contributed by atoms with Gasteiger partial charge in [-0.1, -0.05) is 188 Å². The van der Waals surface area contributed by atoms with Crippen LogP contribution in [0.4, 0.5) is 34.1 Å². The van der Waals surface area contributed by atoms with E-state index in [1.807, 2.05) is 0 Å². The Kier molecular flexibility index (Phi) is 11.4. The molecule has 0 saturated heterocycles. The number of anilines is 6. The van der Waals surface area contributed by atoms with Crippen LogP contribution in [0, 0.1) is 0 Å². The average Bonchev–Trinajstić information content (AvgIpc) is 3.33. The van der Waals surface area contributed by atoms with E-state index in [0.717, 1.165) is 56.4 Å². The molecule has 0 fully saturated rings. The summed E-state index contributed by atoms with van der Waals surface area (Å²) in [5, 5.41) is 0. The van der Waals surface area contributed by atoms with Gasteiger partial charge >= 0.3 is 0 Å². The van der Waals surface area contributed by atoms with Crippen LogP contribution in [0.2, 0.25) is 0 Å². The van der Waals surface area contributed by atoms with Crippen LogP contribution in [0.3, 0.4) is 0 Å². The lowest BCUT2D eigenvalue weighted by Crippen LogP contribution is -2.09. The second-order valence-electron chi connectivity index (χ2n) is 14.7. The van der Waals surface area contributed by atoms with Gasteiger partial charge in [0.1, 0.15) is 0 Å². The smallest absolute Gasteiger partial charge is 0.0462 e. The maximum atomic E-state index is 2.29. The van der Waals surface area contributed by atoms with Crippen molar-refractivity contribution in [3.63, 3.8) is 0 Å². The number of rotatable bonds is 12. The summed E-state index contributed by atoms with van der Waals surface area (Å²) >= 11 is 0. The molecule has 9 aromatic carbocycles. The molecule has 0 radical (unpaired) electrons. The summed E-state index contributed by atoms with van der Waals surface area (Å²) in [5.74, 6) is 0. The third kappa shape index (κ3) is 8.79. The van der Waals surface area contributed by atoms with Crippen LogP contribution in [0.5, 0.6) is 0 Å². The third-order valence-electron chi connectivity index (χ3n) is 10.7. The summed E-state index contributed by atoms with van der Waals surface area (Å²) in [6, 6.07) is 88.0. The molecule has 9 rings (SSSR count). The van der Waals surface area contributed by atoms with Crippen LogP contribution in [-0.4, -0.2) is 0 Å². The van der Waals surface area contributed by atoms with E-state index in [4.69, 9.17) is 0 Å². The molecule has 0 unspecified atom stereocenters. The molecule has 0 spiro atoms. The Labute approximate surface area is 353 Å². The van der Waals surface area contributed by atoms with Gasteiger partial charge in [0.25, 0.3) is 0 Å². The van der Waals surface area contributed by atoms with Gasteiger partial charge in [-0.3, -0.25) is 0 Å². The van der Waals surface area contributed by atoms with Crippen molar-refractivity contribution in [2.75, 3.05) is 9.80 Å². The predicted octanol–water partition coefficient (Wildman–Crippen LogP) is 16.1. The molecular formula is C58H44N2. The molecule has 0 bridgehead atoms. The van der Waals surface area contributed by atoms with Crippen LogP contribution in [-0.2, 0) is 0 Å². The van der Waals surface area contributed by atoms with Crippen LogP contribution >= 0.6 is 0 Å². The molecule has 0 aliphatic rings. The molecule has 60 heavy (non-hydrogen) atoms. The molecule has 0 amide bonds. The van der Waals surface area contributed by atoms with Gasteiger partial charge in [0.05, 0.1) is 0 Å². The summed E-state index contributed by atoms with van der Waals surface area (Å²) in [7, 11) is 0. The summed E-state index contributed by atoms with van der Waals surface area (Å²) in [5.41, 5.74) is 16.1. The first-order chi connectivity index (χ1) is 29.7. The molecule has 0 heterocycles.